The summed E-state index contributed by atoms with van der Waals surface area (Å²) in [4.78, 5) is 0. The summed E-state index contributed by atoms with van der Waals surface area (Å²) in [5, 5.41) is 3.60. The molecule has 0 aromatic rings. The molecule has 1 saturated heterocycles. The number of hydrogen-bond donors (Lipinski definition) is 2. The number of rotatable bonds is 2. The highest BCUT2D eigenvalue weighted by Gasteiger charge is 2.33. The summed E-state index contributed by atoms with van der Waals surface area (Å²) < 4.78 is 0. The smallest absolute Gasteiger partial charge is 0.00955 e. The van der Waals surface area contributed by atoms with Gasteiger partial charge in [-0.3, -0.25) is 0 Å². The van der Waals surface area contributed by atoms with Crippen molar-refractivity contribution in [3.8, 4) is 0 Å². The fraction of sp³-hybridized carbons (Fsp3) is 1.00. The lowest BCUT2D eigenvalue weighted by molar-refractivity contribution is 0.295. The van der Waals surface area contributed by atoms with Gasteiger partial charge >= 0.3 is 0 Å². The summed E-state index contributed by atoms with van der Waals surface area (Å²) in [6, 6.07) is 0.845. The van der Waals surface area contributed by atoms with E-state index < -0.39 is 0 Å². The van der Waals surface area contributed by atoms with E-state index >= 15 is 0 Å². The molecule has 11 heavy (non-hydrogen) atoms. The lowest BCUT2D eigenvalue weighted by atomic mass is 9.93. The van der Waals surface area contributed by atoms with Crippen molar-refractivity contribution in [3.05, 3.63) is 0 Å². The van der Waals surface area contributed by atoms with Gasteiger partial charge in [-0.25, -0.2) is 0 Å². The Morgan fingerprint density at radius 2 is 2.00 bits per heavy atom. The SMILES string of the molecule is NCC1CCC(C2CC2)NC1. The molecule has 3 N–H and O–H groups in total. The van der Waals surface area contributed by atoms with Crippen LogP contribution in [0.3, 0.4) is 0 Å². The minimum atomic E-state index is 0.755. The van der Waals surface area contributed by atoms with E-state index in [2.05, 4.69) is 5.32 Å². The van der Waals surface area contributed by atoms with Gasteiger partial charge in [-0.1, -0.05) is 0 Å². The summed E-state index contributed by atoms with van der Waals surface area (Å²) in [5.41, 5.74) is 5.60. The third-order valence-electron chi connectivity index (χ3n) is 3.08. The average Bonchev–Trinajstić information content (AvgIpc) is 2.87. The Morgan fingerprint density at radius 3 is 2.45 bits per heavy atom. The van der Waals surface area contributed by atoms with Crippen LogP contribution in [0.15, 0.2) is 0 Å². The van der Waals surface area contributed by atoms with Gasteiger partial charge in [-0.2, -0.15) is 0 Å². The van der Waals surface area contributed by atoms with Gasteiger partial charge < -0.3 is 11.1 Å². The summed E-state index contributed by atoms with van der Waals surface area (Å²) in [5.74, 6) is 1.78. The quantitative estimate of drug-likeness (QED) is 0.615. The number of hydrogen-bond acceptors (Lipinski definition) is 2. The van der Waals surface area contributed by atoms with Crippen molar-refractivity contribution >= 4 is 0 Å². The molecule has 64 valence electrons. The average molecular weight is 154 g/mol. The standard InChI is InChI=1S/C9H18N2/c10-5-7-1-4-9(11-6-7)8-2-3-8/h7-9,11H,1-6,10H2. The monoisotopic (exact) mass is 154 g/mol. The zero-order valence-corrected chi connectivity index (χ0v) is 7.05. The molecule has 2 fully saturated rings. The molecule has 1 saturated carbocycles. The minimum Gasteiger partial charge on any atom is -0.330 e. The molecule has 0 spiro atoms. The maximum absolute atomic E-state index is 5.60. The largest absolute Gasteiger partial charge is 0.330 e. The van der Waals surface area contributed by atoms with Crippen LogP contribution in [0.2, 0.25) is 0 Å². The molecule has 2 atom stereocenters. The van der Waals surface area contributed by atoms with E-state index in [9.17, 15) is 0 Å². The van der Waals surface area contributed by atoms with Crippen molar-refractivity contribution in [2.24, 2.45) is 17.6 Å². The molecule has 2 aliphatic rings. The van der Waals surface area contributed by atoms with Crippen molar-refractivity contribution in [3.63, 3.8) is 0 Å². The molecular weight excluding hydrogens is 136 g/mol. The first-order valence-corrected chi connectivity index (χ1v) is 4.83. The van der Waals surface area contributed by atoms with Crippen LogP contribution in [0.4, 0.5) is 0 Å². The first-order valence-electron chi connectivity index (χ1n) is 4.83. The lowest BCUT2D eigenvalue weighted by Gasteiger charge is -2.29. The molecule has 1 heterocycles. The fourth-order valence-electron chi connectivity index (χ4n) is 2.04. The van der Waals surface area contributed by atoms with Gasteiger partial charge in [0.2, 0.25) is 0 Å². The van der Waals surface area contributed by atoms with Gasteiger partial charge in [0.15, 0.2) is 0 Å². The van der Waals surface area contributed by atoms with Gasteiger partial charge in [0.25, 0.3) is 0 Å². The Bertz CT molecular complexity index is 124. The van der Waals surface area contributed by atoms with Crippen LogP contribution in [0.1, 0.15) is 25.7 Å². The van der Waals surface area contributed by atoms with E-state index in [4.69, 9.17) is 5.73 Å². The Labute approximate surface area is 68.5 Å². The summed E-state index contributed by atoms with van der Waals surface area (Å²) in [7, 11) is 0. The topological polar surface area (TPSA) is 38.0 Å². The van der Waals surface area contributed by atoms with Crippen molar-refractivity contribution in [2.45, 2.75) is 31.7 Å². The Morgan fingerprint density at radius 1 is 1.18 bits per heavy atom. The highest BCUT2D eigenvalue weighted by atomic mass is 14.9. The second-order valence-electron chi connectivity index (χ2n) is 4.03. The predicted octanol–water partition coefficient (Wildman–Crippen LogP) is 0.723. The lowest BCUT2D eigenvalue weighted by Crippen LogP contribution is -2.42. The second kappa shape index (κ2) is 3.11. The minimum absolute atomic E-state index is 0.755. The second-order valence-corrected chi connectivity index (χ2v) is 4.03. The van der Waals surface area contributed by atoms with Crippen LogP contribution in [-0.4, -0.2) is 19.1 Å². The molecule has 1 aliphatic heterocycles. The number of piperidine rings is 1. The summed E-state index contributed by atoms with van der Waals surface area (Å²) >= 11 is 0. The zero-order valence-electron chi connectivity index (χ0n) is 7.05. The molecule has 2 nitrogen and oxygen atoms in total. The number of nitrogens with two attached hydrogens (primary N) is 1. The van der Waals surface area contributed by atoms with E-state index in [0.29, 0.717) is 0 Å². The molecule has 0 radical (unpaired) electrons. The Hall–Kier alpha value is -0.0800. The van der Waals surface area contributed by atoms with Crippen molar-refractivity contribution in [2.75, 3.05) is 13.1 Å². The van der Waals surface area contributed by atoms with Crippen molar-refractivity contribution in [1.29, 1.82) is 0 Å². The van der Waals surface area contributed by atoms with Gasteiger partial charge in [-0.05, 0) is 50.6 Å². The third-order valence-corrected chi connectivity index (χ3v) is 3.08. The van der Waals surface area contributed by atoms with Crippen LogP contribution in [0.5, 0.6) is 0 Å². The normalized spacial score (nSPS) is 39.0. The zero-order chi connectivity index (χ0) is 7.68. The highest BCUT2D eigenvalue weighted by molar-refractivity contribution is 4.90. The fourth-order valence-corrected chi connectivity index (χ4v) is 2.04. The molecule has 0 aromatic carbocycles. The van der Waals surface area contributed by atoms with Crippen molar-refractivity contribution in [1.82, 2.24) is 5.32 Å². The predicted molar refractivity (Wildman–Crippen MR) is 46.3 cm³/mol. The van der Waals surface area contributed by atoms with E-state index in [0.717, 1.165) is 31.0 Å². The molecule has 2 rings (SSSR count). The third kappa shape index (κ3) is 1.74. The van der Waals surface area contributed by atoms with E-state index in [-0.39, 0.29) is 0 Å². The maximum atomic E-state index is 5.60. The molecule has 0 amide bonds. The van der Waals surface area contributed by atoms with E-state index in [1.807, 2.05) is 0 Å². The highest BCUT2D eigenvalue weighted by Crippen LogP contribution is 2.36. The van der Waals surface area contributed by atoms with Crippen LogP contribution in [0.25, 0.3) is 0 Å². The molecule has 2 unspecified atom stereocenters. The van der Waals surface area contributed by atoms with Crippen LogP contribution in [0, 0.1) is 11.8 Å². The van der Waals surface area contributed by atoms with Gasteiger partial charge in [0.05, 0.1) is 0 Å². The van der Waals surface area contributed by atoms with Crippen LogP contribution in [-0.2, 0) is 0 Å². The van der Waals surface area contributed by atoms with Crippen LogP contribution >= 0.6 is 0 Å². The van der Waals surface area contributed by atoms with E-state index in [1.165, 1.54) is 25.7 Å². The van der Waals surface area contributed by atoms with Gasteiger partial charge in [0.1, 0.15) is 0 Å². The van der Waals surface area contributed by atoms with Gasteiger partial charge in [0, 0.05) is 6.04 Å². The molecular formula is C9H18N2. The molecule has 0 bridgehead atoms. The summed E-state index contributed by atoms with van der Waals surface area (Å²) in [6.45, 7) is 2.03. The first-order chi connectivity index (χ1) is 5.40. The molecule has 1 aliphatic carbocycles. The Kier molecular flexibility index (Phi) is 2.14. The van der Waals surface area contributed by atoms with Gasteiger partial charge in [-0.15, -0.1) is 0 Å². The van der Waals surface area contributed by atoms with Crippen LogP contribution < -0.4 is 11.1 Å². The van der Waals surface area contributed by atoms with E-state index in [1.54, 1.807) is 0 Å². The first kappa shape index (κ1) is 7.56. The summed E-state index contributed by atoms with van der Waals surface area (Å²) in [6.07, 6.45) is 5.65. The van der Waals surface area contributed by atoms with Crippen molar-refractivity contribution < 1.29 is 0 Å². The molecule has 2 heteroatoms. The number of nitrogens with one attached hydrogen (secondary N) is 1. The Balaban J connectivity index is 1.75. The maximum Gasteiger partial charge on any atom is 0.00955 e. The molecule has 0 aromatic heterocycles.